The average molecular weight is 510 g/mol. The maximum atomic E-state index is 11.7. The molecule has 4 N–H and O–H groups in total. The van der Waals surface area contributed by atoms with Gasteiger partial charge in [0, 0.05) is 37.7 Å². The van der Waals surface area contributed by atoms with Crippen LogP contribution in [0.15, 0.2) is 59.6 Å². The van der Waals surface area contributed by atoms with Crippen LogP contribution < -0.4 is 16.0 Å². The van der Waals surface area contributed by atoms with E-state index in [1.165, 1.54) is 0 Å². The number of hydrogen-bond donors (Lipinski definition) is 4. The van der Waals surface area contributed by atoms with Gasteiger partial charge in [0.25, 0.3) is 0 Å². The first-order valence-electron chi connectivity index (χ1n) is 9.53. The van der Waals surface area contributed by atoms with Gasteiger partial charge in [-0.15, -0.1) is 24.0 Å². The van der Waals surface area contributed by atoms with Crippen molar-refractivity contribution in [3.05, 3.63) is 65.7 Å². The summed E-state index contributed by atoms with van der Waals surface area (Å²) in [6, 6.07) is 17.7. The summed E-state index contributed by atoms with van der Waals surface area (Å²) in [5, 5.41) is 19.1. The first-order chi connectivity index (χ1) is 13.5. The molecule has 2 rings (SSSR count). The Morgan fingerprint density at radius 1 is 1.03 bits per heavy atom. The molecule has 6 nitrogen and oxygen atoms in total. The van der Waals surface area contributed by atoms with Crippen molar-refractivity contribution < 1.29 is 9.90 Å². The van der Waals surface area contributed by atoms with Gasteiger partial charge in [-0.3, -0.25) is 9.79 Å². The molecule has 0 fully saturated rings. The van der Waals surface area contributed by atoms with E-state index < -0.39 is 0 Å². The third-order valence-corrected chi connectivity index (χ3v) is 4.44. The lowest BCUT2D eigenvalue weighted by Crippen LogP contribution is -2.39. The smallest absolute Gasteiger partial charge is 0.226 e. The Labute approximate surface area is 190 Å². The molecule has 0 saturated carbocycles. The van der Waals surface area contributed by atoms with Gasteiger partial charge in [0.05, 0.1) is 6.61 Å². The van der Waals surface area contributed by atoms with Crippen LogP contribution in [0, 0.1) is 5.92 Å². The number of halogens is 1. The second kappa shape index (κ2) is 13.2. The number of nitrogens with one attached hydrogen (secondary N) is 3. The van der Waals surface area contributed by atoms with Crippen molar-refractivity contribution >= 4 is 41.5 Å². The van der Waals surface area contributed by atoms with E-state index in [0.29, 0.717) is 19.0 Å². The van der Waals surface area contributed by atoms with Crippen LogP contribution in [0.5, 0.6) is 0 Å². The first kappa shape index (κ1) is 24.9. The molecule has 158 valence electrons. The minimum Gasteiger partial charge on any atom is -0.396 e. The Bertz CT molecular complexity index is 764. The number of aliphatic hydroxyl groups is 1. The molecule has 1 unspecified atom stereocenters. The maximum Gasteiger partial charge on any atom is 0.226 e. The summed E-state index contributed by atoms with van der Waals surface area (Å²) in [6.07, 6.45) is 0. The van der Waals surface area contributed by atoms with E-state index in [0.717, 1.165) is 16.8 Å². The molecule has 2 aromatic carbocycles. The van der Waals surface area contributed by atoms with E-state index in [1.54, 1.807) is 7.05 Å². The molecule has 1 amide bonds. The van der Waals surface area contributed by atoms with Crippen LogP contribution in [0.25, 0.3) is 0 Å². The third kappa shape index (κ3) is 8.41. The predicted molar refractivity (Wildman–Crippen MR) is 130 cm³/mol. The van der Waals surface area contributed by atoms with Crippen molar-refractivity contribution in [3.63, 3.8) is 0 Å². The summed E-state index contributed by atoms with van der Waals surface area (Å²) in [6.45, 7) is 4.99. The summed E-state index contributed by atoms with van der Waals surface area (Å²) in [5.74, 6) is 0.636. The van der Waals surface area contributed by atoms with E-state index in [-0.39, 0.29) is 48.3 Å². The number of amides is 1. The molecular weight excluding hydrogens is 479 g/mol. The lowest BCUT2D eigenvalue weighted by Gasteiger charge is -2.18. The Kier molecular flexibility index (Phi) is 11.3. The minimum atomic E-state index is -0.0469. The third-order valence-electron chi connectivity index (χ3n) is 4.44. The highest BCUT2D eigenvalue weighted by molar-refractivity contribution is 14.0. The molecule has 0 aliphatic heterocycles. The SMILES string of the molecule is CN=C(NCc1ccc(NC(=O)C(C)C)cc1)NCC(CO)c1ccccc1.I. The number of aliphatic imine (C=N–C) groups is 1. The number of rotatable bonds is 8. The van der Waals surface area contributed by atoms with E-state index in [1.807, 2.05) is 68.4 Å². The normalized spacial score (nSPS) is 12.1. The van der Waals surface area contributed by atoms with Gasteiger partial charge >= 0.3 is 0 Å². The van der Waals surface area contributed by atoms with Crippen molar-refractivity contribution in [2.24, 2.45) is 10.9 Å². The van der Waals surface area contributed by atoms with E-state index in [4.69, 9.17) is 0 Å². The van der Waals surface area contributed by atoms with Crippen LogP contribution in [0.1, 0.15) is 30.9 Å². The fourth-order valence-electron chi connectivity index (χ4n) is 2.63. The largest absolute Gasteiger partial charge is 0.396 e. The van der Waals surface area contributed by atoms with Crippen LogP contribution in [-0.4, -0.2) is 37.2 Å². The van der Waals surface area contributed by atoms with Gasteiger partial charge in [-0.1, -0.05) is 56.3 Å². The van der Waals surface area contributed by atoms with Gasteiger partial charge < -0.3 is 21.1 Å². The van der Waals surface area contributed by atoms with Crippen LogP contribution in [0.3, 0.4) is 0 Å². The highest BCUT2D eigenvalue weighted by atomic mass is 127. The number of nitrogens with zero attached hydrogens (tertiary/aromatic N) is 1. The number of carbonyl (C=O) groups is 1. The van der Waals surface area contributed by atoms with Crippen LogP contribution in [0.4, 0.5) is 5.69 Å². The summed E-state index contributed by atoms with van der Waals surface area (Å²) in [7, 11) is 1.72. The summed E-state index contributed by atoms with van der Waals surface area (Å²) < 4.78 is 0. The maximum absolute atomic E-state index is 11.7. The Hall–Kier alpha value is -2.13. The lowest BCUT2D eigenvalue weighted by atomic mass is 10.0. The Balaban J connectivity index is 0.00000420. The number of hydrogen-bond acceptors (Lipinski definition) is 3. The molecular formula is C22H31IN4O2. The molecule has 0 radical (unpaired) electrons. The molecule has 0 saturated heterocycles. The fraction of sp³-hybridized carbons (Fsp3) is 0.364. The minimum absolute atomic E-state index is 0. The van der Waals surface area contributed by atoms with Crippen molar-refractivity contribution in [2.75, 3.05) is 25.5 Å². The molecule has 0 heterocycles. The summed E-state index contributed by atoms with van der Waals surface area (Å²) in [4.78, 5) is 16.0. The van der Waals surface area contributed by atoms with Crippen LogP contribution in [0.2, 0.25) is 0 Å². The zero-order valence-corrected chi connectivity index (χ0v) is 19.5. The number of benzene rings is 2. The second-order valence-corrected chi connectivity index (χ2v) is 6.94. The molecule has 0 spiro atoms. The van der Waals surface area contributed by atoms with Crippen LogP contribution >= 0.6 is 24.0 Å². The number of guanidine groups is 1. The number of carbonyl (C=O) groups excluding carboxylic acids is 1. The van der Waals surface area contributed by atoms with Crippen molar-refractivity contribution in [1.29, 1.82) is 0 Å². The molecule has 0 aromatic heterocycles. The van der Waals surface area contributed by atoms with Crippen molar-refractivity contribution in [3.8, 4) is 0 Å². The van der Waals surface area contributed by atoms with Crippen LogP contribution in [-0.2, 0) is 11.3 Å². The first-order valence-corrected chi connectivity index (χ1v) is 9.53. The van der Waals surface area contributed by atoms with Gasteiger partial charge in [-0.2, -0.15) is 0 Å². The van der Waals surface area contributed by atoms with Gasteiger partial charge in [-0.25, -0.2) is 0 Å². The second-order valence-electron chi connectivity index (χ2n) is 6.94. The molecule has 0 bridgehead atoms. The molecule has 1 atom stereocenters. The highest BCUT2D eigenvalue weighted by Crippen LogP contribution is 2.14. The zero-order chi connectivity index (χ0) is 20.4. The fourth-order valence-corrected chi connectivity index (χ4v) is 2.63. The molecule has 2 aromatic rings. The monoisotopic (exact) mass is 510 g/mol. The van der Waals surface area contributed by atoms with Crippen molar-refractivity contribution in [1.82, 2.24) is 10.6 Å². The number of anilines is 1. The topological polar surface area (TPSA) is 85.8 Å². The molecule has 0 aliphatic rings. The summed E-state index contributed by atoms with van der Waals surface area (Å²) in [5.41, 5.74) is 2.96. The summed E-state index contributed by atoms with van der Waals surface area (Å²) >= 11 is 0. The standard InChI is InChI=1S/C22H30N4O2.HI/c1-16(2)21(28)26-20-11-9-17(10-12-20)13-24-22(23-3)25-14-19(15-27)18-7-5-4-6-8-18;/h4-12,16,19,27H,13-15H2,1-3H3,(H,26,28)(H2,23,24,25);1H. The van der Waals surface area contributed by atoms with Gasteiger partial charge in [0.1, 0.15) is 0 Å². The lowest BCUT2D eigenvalue weighted by molar-refractivity contribution is -0.118. The van der Waals surface area contributed by atoms with E-state index in [2.05, 4.69) is 20.9 Å². The number of aliphatic hydroxyl groups excluding tert-OH is 1. The Morgan fingerprint density at radius 3 is 2.24 bits per heavy atom. The van der Waals surface area contributed by atoms with E-state index in [9.17, 15) is 9.90 Å². The van der Waals surface area contributed by atoms with E-state index >= 15 is 0 Å². The molecule has 29 heavy (non-hydrogen) atoms. The zero-order valence-electron chi connectivity index (χ0n) is 17.2. The quantitative estimate of drug-likeness (QED) is 0.249. The molecule has 7 heteroatoms. The highest BCUT2D eigenvalue weighted by Gasteiger charge is 2.11. The van der Waals surface area contributed by atoms with Gasteiger partial charge in [0.15, 0.2) is 5.96 Å². The van der Waals surface area contributed by atoms with Gasteiger partial charge in [0.2, 0.25) is 5.91 Å². The average Bonchev–Trinajstić information content (AvgIpc) is 2.72. The van der Waals surface area contributed by atoms with Crippen molar-refractivity contribution in [2.45, 2.75) is 26.3 Å². The predicted octanol–water partition coefficient (Wildman–Crippen LogP) is 3.34. The molecule has 0 aliphatic carbocycles. The Morgan fingerprint density at radius 2 is 1.69 bits per heavy atom. The van der Waals surface area contributed by atoms with Gasteiger partial charge in [-0.05, 0) is 23.3 Å².